The summed E-state index contributed by atoms with van der Waals surface area (Å²) < 4.78 is 19.2. The van der Waals surface area contributed by atoms with Gasteiger partial charge in [-0.15, -0.1) is 0 Å². The van der Waals surface area contributed by atoms with E-state index in [0.717, 1.165) is 61.7 Å². The molecule has 6 heteroatoms. The summed E-state index contributed by atoms with van der Waals surface area (Å²) in [6, 6.07) is 8.63. The zero-order valence-electron chi connectivity index (χ0n) is 14.6. The quantitative estimate of drug-likeness (QED) is 0.904. The second-order valence-corrected chi connectivity index (χ2v) is 6.61. The van der Waals surface area contributed by atoms with E-state index in [1.807, 2.05) is 12.3 Å². The van der Waals surface area contributed by atoms with E-state index in [2.05, 4.69) is 33.3 Å². The molecule has 2 fully saturated rings. The second kappa shape index (κ2) is 7.45. The summed E-state index contributed by atoms with van der Waals surface area (Å²) in [4.78, 5) is 0. The fraction of sp³-hybridized carbons (Fsp3) is 0.526. The number of hydrogen-bond donors (Lipinski definition) is 1. The van der Waals surface area contributed by atoms with Gasteiger partial charge >= 0.3 is 0 Å². The lowest BCUT2D eigenvalue weighted by molar-refractivity contribution is 0.138. The highest BCUT2D eigenvalue weighted by Crippen LogP contribution is 2.35. The molecule has 2 aliphatic heterocycles. The lowest BCUT2D eigenvalue weighted by Crippen LogP contribution is -2.30. The van der Waals surface area contributed by atoms with Crippen LogP contribution < -0.4 is 14.8 Å². The summed E-state index contributed by atoms with van der Waals surface area (Å²) in [5.74, 6) is 1.53. The Morgan fingerprint density at radius 3 is 2.80 bits per heavy atom. The van der Waals surface area contributed by atoms with E-state index in [1.54, 1.807) is 7.11 Å². The molecule has 0 saturated carbocycles. The lowest BCUT2D eigenvalue weighted by atomic mass is 10.1. The van der Waals surface area contributed by atoms with Crippen molar-refractivity contribution in [2.45, 2.75) is 31.4 Å². The highest BCUT2D eigenvalue weighted by atomic mass is 16.6. The number of hydrogen-bond acceptors (Lipinski definition) is 5. The molecule has 0 bridgehead atoms. The standard InChI is InChI=1S/C19H25N3O3/c1-23-18-3-2-14(12-19(18)25-16-7-11-24-13-16)17-6-10-21-22(17)15-4-8-20-9-5-15/h2-3,6,10,12,15-16,20H,4-5,7-9,11,13H2,1H3/t16-/m1/s1. The van der Waals surface area contributed by atoms with Crippen molar-refractivity contribution in [3.63, 3.8) is 0 Å². The summed E-state index contributed by atoms with van der Waals surface area (Å²) in [6.07, 6.45) is 5.10. The molecule has 2 aromatic rings. The van der Waals surface area contributed by atoms with Gasteiger partial charge in [0.05, 0.1) is 32.1 Å². The normalized spacial score (nSPS) is 21.4. The minimum absolute atomic E-state index is 0.0958. The molecule has 0 amide bonds. The molecule has 1 atom stereocenters. The number of aromatic nitrogens is 2. The van der Waals surface area contributed by atoms with Gasteiger partial charge in [-0.25, -0.2) is 0 Å². The summed E-state index contributed by atoms with van der Waals surface area (Å²) >= 11 is 0. The van der Waals surface area contributed by atoms with Crippen LogP contribution in [0.15, 0.2) is 30.5 Å². The molecule has 0 unspecified atom stereocenters. The molecular weight excluding hydrogens is 318 g/mol. The Morgan fingerprint density at radius 2 is 2.04 bits per heavy atom. The molecule has 0 aliphatic carbocycles. The molecule has 0 radical (unpaired) electrons. The van der Waals surface area contributed by atoms with Crippen molar-refractivity contribution in [1.82, 2.24) is 15.1 Å². The number of benzene rings is 1. The van der Waals surface area contributed by atoms with Crippen molar-refractivity contribution >= 4 is 0 Å². The van der Waals surface area contributed by atoms with Crippen LogP contribution in [-0.2, 0) is 4.74 Å². The first-order valence-corrected chi connectivity index (χ1v) is 9.02. The molecule has 134 valence electrons. The monoisotopic (exact) mass is 343 g/mol. The van der Waals surface area contributed by atoms with Gasteiger partial charge in [0.15, 0.2) is 11.5 Å². The highest BCUT2D eigenvalue weighted by Gasteiger charge is 2.22. The van der Waals surface area contributed by atoms with Gasteiger partial charge < -0.3 is 19.5 Å². The van der Waals surface area contributed by atoms with Crippen LogP contribution in [0.4, 0.5) is 0 Å². The predicted molar refractivity (Wildman–Crippen MR) is 95.2 cm³/mol. The molecule has 0 spiro atoms. The Bertz CT molecular complexity index is 704. The molecular formula is C19H25N3O3. The average molecular weight is 343 g/mol. The summed E-state index contributed by atoms with van der Waals surface area (Å²) in [6.45, 7) is 3.49. The van der Waals surface area contributed by atoms with Crippen LogP contribution in [0.5, 0.6) is 11.5 Å². The highest BCUT2D eigenvalue weighted by molar-refractivity contribution is 5.64. The molecule has 25 heavy (non-hydrogen) atoms. The molecule has 2 aliphatic rings. The van der Waals surface area contributed by atoms with Crippen LogP contribution >= 0.6 is 0 Å². The maximum absolute atomic E-state index is 6.13. The Morgan fingerprint density at radius 1 is 1.16 bits per heavy atom. The van der Waals surface area contributed by atoms with E-state index in [9.17, 15) is 0 Å². The third-order valence-corrected chi connectivity index (χ3v) is 4.97. The maximum atomic E-state index is 6.13. The third kappa shape index (κ3) is 3.50. The number of ether oxygens (including phenoxy) is 3. The van der Waals surface area contributed by atoms with Crippen LogP contribution in [0.2, 0.25) is 0 Å². The zero-order chi connectivity index (χ0) is 17.1. The van der Waals surface area contributed by atoms with Crippen molar-refractivity contribution in [3.8, 4) is 22.8 Å². The van der Waals surface area contributed by atoms with Gasteiger partial charge in [-0.3, -0.25) is 4.68 Å². The SMILES string of the molecule is COc1ccc(-c2ccnn2C2CCNCC2)cc1O[C@@H]1CCOC1. The number of rotatable bonds is 5. The molecule has 1 aromatic carbocycles. The Kier molecular flexibility index (Phi) is 4.90. The minimum Gasteiger partial charge on any atom is -0.493 e. The molecule has 1 aromatic heterocycles. The van der Waals surface area contributed by atoms with Crippen molar-refractivity contribution in [2.24, 2.45) is 0 Å². The van der Waals surface area contributed by atoms with Gasteiger partial charge in [0.25, 0.3) is 0 Å². The van der Waals surface area contributed by atoms with E-state index in [-0.39, 0.29) is 6.10 Å². The Hall–Kier alpha value is -2.05. The average Bonchev–Trinajstić information content (AvgIpc) is 3.34. The second-order valence-electron chi connectivity index (χ2n) is 6.61. The van der Waals surface area contributed by atoms with Crippen molar-refractivity contribution in [1.29, 1.82) is 0 Å². The molecule has 6 nitrogen and oxygen atoms in total. The van der Waals surface area contributed by atoms with Gasteiger partial charge in [-0.2, -0.15) is 5.10 Å². The van der Waals surface area contributed by atoms with Crippen molar-refractivity contribution in [3.05, 3.63) is 30.5 Å². The molecule has 1 N–H and O–H groups in total. The van der Waals surface area contributed by atoms with Gasteiger partial charge in [-0.1, -0.05) is 0 Å². The molecule has 4 rings (SSSR count). The van der Waals surface area contributed by atoms with E-state index < -0.39 is 0 Å². The van der Waals surface area contributed by atoms with E-state index >= 15 is 0 Å². The number of nitrogens with zero attached hydrogens (tertiary/aromatic N) is 2. The van der Waals surface area contributed by atoms with Gasteiger partial charge in [0.2, 0.25) is 0 Å². The van der Waals surface area contributed by atoms with Crippen molar-refractivity contribution < 1.29 is 14.2 Å². The number of nitrogens with one attached hydrogen (secondary N) is 1. The van der Waals surface area contributed by atoms with E-state index in [1.165, 1.54) is 0 Å². The van der Waals surface area contributed by atoms with Crippen LogP contribution in [0.25, 0.3) is 11.3 Å². The Balaban J connectivity index is 1.63. The van der Waals surface area contributed by atoms with E-state index in [4.69, 9.17) is 14.2 Å². The minimum atomic E-state index is 0.0958. The topological polar surface area (TPSA) is 57.5 Å². The van der Waals surface area contributed by atoms with E-state index in [0.29, 0.717) is 12.6 Å². The first kappa shape index (κ1) is 16.4. The summed E-state index contributed by atoms with van der Waals surface area (Å²) in [5, 5.41) is 8.00. The maximum Gasteiger partial charge on any atom is 0.162 e. The zero-order valence-corrected chi connectivity index (χ0v) is 14.6. The summed E-state index contributed by atoms with van der Waals surface area (Å²) in [5.41, 5.74) is 2.23. The van der Waals surface area contributed by atoms with Crippen LogP contribution in [-0.4, -0.2) is 49.3 Å². The first-order valence-electron chi connectivity index (χ1n) is 9.02. The molecule has 3 heterocycles. The van der Waals surface area contributed by atoms with Crippen LogP contribution in [0.3, 0.4) is 0 Å². The summed E-state index contributed by atoms with van der Waals surface area (Å²) in [7, 11) is 1.67. The van der Waals surface area contributed by atoms with Crippen LogP contribution in [0, 0.1) is 0 Å². The Labute approximate surface area is 148 Å². The van der Waals surface area contributed by atoms with Crippen LogP contribution in [0.1, 0.15) is 25.3 Å². The number of methoxy groups -OCH3 is 1. The lowest BCUT2D eigenvalue weighted by Gasteiger charge is -2.25. The fourth-order valence-electron chi connectivity index (χ4n) is 3.60. The third-order valence-electron chi connectivity index (χ3n) is 4.97. The van der Waals surface area contributed by atoms with Crippen molar-refractivity contribution in [2.75, 3.05) is 33.4 Å². The largest absolute Gasteiger partial charge is 0.493 e. The first-order chi connectivity index (χ1) is 12.3. The number of piperidine rings is 1. The smallest absolute Gasteiger partial charge is 0.162 e. The molecule has 2 saturated heterocycles. The predicted octanol–water partition coefficient (Wildman–Crippen LogP) is 2.65. The van der Waals surface area contributed by atoms with Gasteiger partial charge in [0, 0.05) is 18.2 Å². The fourth-order valence-corrected chi connectivity index (χ4v) is 3.60. The van der Waals surface area contributed by atoms with Gasteiger partial charge in [0.1, 0.15) is 6.10 Å². The van der Waals surface area contributed by atoms with Gasteiger partial charge in [-0.05, 0) is 50.2 Å².